The van der Waals surface area contributed by atoms with Crippen LogP contribution < -0.4 is 16.0 Å². The van der Waals surface area contributed by atoms with Crippen molar-refractivity contribution in [1.82, 2.24) is 25.1 Å². The highest BCUT2D eigenvalue weighted by Crippen LogP contribution is 2.16. The summed E-state index contributed by atoms with van der Waals surface area (Å²) in [7, 11) is 0. The lowest BCUT2D eigenvalue weighted by atomic mass is 10.2. The summed E-state index contributed by atoms with van der Waals surface area (Å²) in [6.07, 6.45) is 6.32. The Morgan fingerprint density at radius 2 is 2.00 bits per heavy atom. The summed E-state index contributed by atoms with van der Waals surface area (Å²) in [6, 6.07) is 2.30. The van der Waals surface area contributed by atoms with Crippen molar-refractivity contribution in [3.05, 3.63) is 18.5 Å². The number of piperazine rings is 1. The molecule has 1 atom stereocenters. The Morgan fingerprint density at radius 3 is 2.71 bits per heavy atom. The summed E-state index contributed by atoms with van der Waals surface area (Å²) in [5.74, 6) is 1.30. The normalized spacial score (nSPS) is 21.2. The van der Waals surface area contributed by atoms with E-state index in [0.29, 0.717) is 38.1 Å². The minimum Gasteiger partial charge on any atom is -0.370 e. The van der Waals surface area contributed by atoms with E-state index in [4.69, 9.17) is 5.73 Å². The van der Waals surface area contributed by atoms with E-state index >= 15 is 0 Å². The number of aromatic nitrogens is 2. The third-order valence-electron chi connectivity index (χ3n) is 5.49. The van der Waals surface area contributed by atoms with Crippen LogP contribution in [0.25, 0.3) is 0 Å². The van der Waals surface area contributed by atoms with E-state index < -0.39 is 0 Å². The number of aliphatic imine (C=N–C) groups is 1. The standard InChI is InChI=1S/C19H32N8O/c1-2-25-10-3-5-16(25)15-24-18(20)21-9-6-17(28)26-11-13-27(14-12-26)19-22-7-4-8-23-19/h4,7-8,16H,2-3,5-6,9-15H2,1H3,(H3,20,21,24). The van der Waals surface area contributed by atoms with Crippen molar-refractivity contribution in [1.29, 1.82) is 0 Å². The fraction of sp³-hybridized carbons (Fsp3) is 0.684. The third-order valence-corrected chi connectivity index (χ3v) is 5.49. The summed E-state index contributed by atoms with van der Waals surface area (Å²) in [5, 5.41) is 3.08. The highest BCUT2D eigenvalue weighted by molar-refractivity contribution is 5.80. The van der Waals surface area contributed by atoms with E-state index in [-0.39, 0.29) is 5.91 Å². The van der Waals surface area contributed by atoms with Gasteiger partial charge >= 0.3 is 0 Å². The number of carbonyl (C=O) groups excluding carboxylic acids is 1. The summed E-state index contributed by atoms with van der Waals surface area (Å²) in [6.45, 7) is 8.52. The van der Waals surface area contributed by atoms with Gasteiger partial charge in [-0.05, 0) is 32.0 Å². The second-order valence-electron chi connectivity index (χ2n) is 7.24. The van der Waals surface area contributed by atoms with Gasteiger partial charge in [0.1, 0.15) is 0 Å². The molecule has 2 fully saturated rings. The molecular weight excluding hydrogens is 356 g/mol. The highest BCUT2D eigenvalue weighted by Gasteiger charge is 2.23. The maximum absolute atomic E-state index is 12.4. The fourth-order valence-electron chi connectivity index (χ4n) is 3.84. The van der Waals surface area contributed by atoms with E-state index in [2.05, 4.69) is 37.0 Å². The number of hydrogen-bond acceptors (Lipinski definition) is 6. The van der Waals surface area contributed by atoms with Gasteiger partial charge in [0.2, 0.25) is 11.9 Å². The number of carbonyl (C=O) groups is 1. The smallest absolute Gasteiger partial charge is 0.225 e. The molecule has 0 aromatic carbocycles. The average Bonchev–Trinajstić information content (AvgIpc) is 3.20. The number of likely N-dealkylation sites (N-methyl/N-ethyl adjacent to an activating group) is 1. The zero-order chi connectivity index (χ0) is 19.8. The first-order valence-corrected chi connectivity index (χ1v) is 10.2. The third kappa shape index (κ3) is 5.54. The van der Waals surface area contributed by atoms with Crippen molar-refractivity contribution < 1.29 is 4.79 Å². The molecule has 154 valence electrons. The number of nitrogens with zero attached hydrogens (tertiary/aromatic N) is 6. The van der Waals surface area contributed by atoms with Crippen molar-refractivity contribution in [3.63, 3.8) is 0 Å². The van der Waals surface area contributed by atoms with Gasteiger partial charge in [-0.3, -0.25) is 14.7 Å². The molecule has 1 aromatic heterocycles. The molecule has 1 amide bonds. The summed E-state index contributed by atoms with van der Waals surface area (Å²) in [5.41, 5.74) is 5.96. The molecule has 28 heavy (non-hydrogen) atoms. The molecule has 1 aromatic rings. The summed E-state index contributed by atoms with van der Waals surface area (Å²) in [4.78, 5) is 31.9. The number of anilines is 1. The first-order chi connectivity index (χ1) is 13.7. The molecular formula is C19H32N8O. The van der Waals surface area contributed by atoms with Crippen LogP contribution in [0, 0.1) is 0 Å². The van der Waals surface area contributed by atoms with Gasteiger partial charge < -0.3 is 20.9 Å². The van der Waals surface area contributed by atoms with Crippen LogP contribution in [0.15, 0.2) is 23.5 Å². The SMILES string of the molecule is CCN1CCCC1CN=C(N)NCCC(=O)N1CCN(c2ncccn2)CC1. The number of rotatable bonds is 7. The molecule has 0 bridgehead atoms. The molecule has 1 unspecified atom stereocenters. The second-order valence-corrected chi connectivity index (χ2v) is 7.24. The average molecular weight is 389 g/mol. The summed E-state index contributed by atoms with van der Waals surface area (Å²) < 4.78 is 0. The van der Waals surface area contributed by atoms with Crippen LogP contribution in [-0.2, 0) is 4.79 Å². The predicted octanol–water partition coefficient (Wildman–Crippen LogP) is -0.0961. The van der Waals surface area contributed by atoms with E-state index in [1.807, 2.05) is 4.90 Å². The van der Waals surface area contributed by atoms with E-state index in [0.717, 1.165) is 38.7 Å². The quantitative estimate of drug-likeness (QED) is 0.497. The molecule has 3 N–H and O–H groups in total. The molecule has 9 heteroatoms. The zero-order valence-corrected chi connectivity index (χ0v) is 16.8. The van der Waals surface area contributed by atoms with Crippen molar-refractivity contribution >= 4 is 17.8 Å². The Kier molecular flexibility index (Phi) is 7.41. The van der Waals surface area contributed by atoms with Gasteiger partial charge in [-0.1, -0.05) is 6.92 Å². The molecule has 0 spiro atoms. The maximum atomic E-state index is 12.4. The van der Waals surface area contributed by atoms with E-state index in [1.165, 1.54) is 12.8 Å². The Bertz CT molecular complexity index is 645. The van der Waals surface area contributed by atoms with Crippen molar-refractivity contribution in [3.8, 4) is 0 Å². The van der Waals surface area contributed by atoms with Crippen LogP contribution in [0.4, 0.5) is 5.95 Å². The van der Waals surface area contributed by atoms with Crippen molar-refractivity contribution in [2.24, 2.45) is 10.7 Å². The van der Waals surface area contributed by atoms with Crippen molar-refractivity contribution in [2.45, 2.75) is 32.2 Å². The Morgan fingerprint density at radius 1 is 1.25 bits per heavy atom. The van der Waals surface area contributed by atoms with Crippen molar-refractivity contribution in [2.75, 3.05) is 57.3 Å². The minimum absolute atomic E-state index is 0.141. The number of likely N-dealkylation sites (tertiary alicyclic amines) is 1. The molecule has 0 radical (unpaired) electrons. The largest absolute Gasteiger partial charge is 0.370 e. The highest BCUT2D eigenvalue weighted by atomic mass is 16.2. The number of guanidine groups is 1. The van der Waals surface area contributed by atoms with Gasteiger partial charge in [0.15, 0.2) is 5.96 Å². The molecule has 0 saturated carbocycles. The molecule has 9 nitrogen and oxygen atoms in total. The van der Waals surface area contributed by atoms with Gasteiger partial charge in [0.05, 0.1) is 6.54 Å². The lowest BCUT2D eigenvalue weighted by Crippen LogP contribution is -2.49. The fourth-order valence-corrected chi connectivity index (χ4v) is 3.84. The lowest BCUT2D eigenvalue weighted by Gasteiger charge is -2.34. The topological polar surface area (TPSA) is 103 Å². The van der Waals surface area contributed by atoms with Crippen LogP contribution in [0.2, 0.25) is 0 Å². The van der Waals surface area contributed by atoms with Crippen LogP contribution in [0.3, 0.4) is 0 Å². The molecule has 2 aliphatic rings. The number of nitrogens with two attached hydrogens (primary N) is 1. The maximum Gasteiger partial charge on any atom is 0.225 e. The van der Waals surface area contributed by atoms with E-state index in [9.17, 15) is 4.79 Å². The predicted molar refractivity (Wildman–Crippen MR) is 110 cm³/mol. The van der Waals surface area contributed by atoms with Gasteiger partial charge in [-0.2, -0.15) is 0 Å². The number of hydrogen-bond donors (Lipinski definition) is 2. The minimum atomic E-state index is 0.141. The zero-order valence-electron chi connectivity index (χ0n) is 16.8. The molecule has 3 rings (SSSR count). The van der Waals surface area contributed by atoms with Gasteiger partial charge in [0, 0.05) is 57.6 Å². The van der Waals surface area contributed by atoms with Crippen LogP contribution in [-0.4, -0.2) is 90.0 Å². The number of amides is 1. The first kappa shape index (κ1) is 20.3. The van der Waals surface area contributed by atoms with Crippen LogP contribution in [0.1, 0.15) is 26.2 Å². The van der Waals surface area contributed by atoms with Crippen LogP contribution in [0.5, 0.6) is 0 Å². The molecule has 2 saturated heterocycles. The number of nitrogens with one attached hydrogen (secondary N) is 1. The summed E-state index contributed by atoms with van der Waals surface area (Å²) >= 11 is 0. The van der Waals surface area contributed by atoms with Gasteiger partial charge in [-0.15, -0.1) is 0 Å². The van der Waals surface area contributed by atoms with Gasteiger partial charge in [-0.25, -0.2) is 9.97 Å². The lowest BCUT2D eigenvalue weighted by molar-refractivity contribution is -0.131. The second kappa shape index (κ2) is 10.2. The molecule has 3 heterocycles. The first-order valence-electron chi connectivity index (χ1n) is 10.2. The van der Waals surface area contributed by atoms with E-state index in [1.54, 1.807) is 18.5 Å². The Balaban J connectivity index is 1.34. The monoisotopic (exact) mass is 388 g/mol. The Hall–Kier alpha value is -2.42. The van der Waals surface area contributed by atoms with Gasteiger partial charge in [0.25, 0.3) is 0 Å². The molecule has 0 aliphatic carbocycles. The Labute approximate surface area is 167 Å². The molecule has 2 aliphatic heterocycles. The van der Waals surface area contributed by atoms with Crippen LogP contribution >= 0.6 is 0 Å².